The quantitative estimate of drug-likeness (QED) is 0.0855. The van der Waals surface area contributed by atoms with Crippen LogP contribution in [0.2, 0.25) is 0 Å². The number of anilines is 1. The van der Waals surface area contributed by atoms with Crippen LogP contribution in [0.15, 0.2) is 58.0 Å². The van der Waals surface area contributed by atoms with Gasteiger partial charge in [0.15, 0.2) is 11.4 Å². The number of aromatic hydroxyl groups is 2. The van der Waals surface area contributed by atoms with Gasteiger partial charge in [-0.3, -0.25) is 29.3 Å². The van der Waals surface area contributed by atoms with Gasteiger partial charge < -0.3 is 55.8 Å². The minimum atomic E-state index is -1.91. The molecule has 0 radical (unpaired) electrons. The number of ether oxygens (including phenoxy) is 3. The number of hydrogen-bond donors (Lipinski definition) is 7. The Bertz CT molecular complexity index is 2580. The molecular weight excluding hydrogens is 895 g/mol. The Morgan fingerprint density at radius 1 is 1.01 bits per heavy atom. The Labute approximate surface area is 411 Å². The number of hydrazine groups is 1. The summed E-state index contributed by atoms with van der Waals surface area (Å²) < 4.78 is 18.7. The van der Waals surface area contributed by atoms with Gasteiger partial charge in [-0.1, -0.05) is 59.8 Å². The van der Waals surface area contributed by atoms with Crippen LogP contribution in [0.25, 0.3) is 10.8 Å². The molecule has 2 saturated heterocycles. The number of likely N-dealkylation sites (tertiary alicyclic amines) is 1. The lowest BCUT2D eigenvalue weighted by molar-refractivity contribution is -0.159. The van der Waals surface area contributed by atoms with Crippen LogP contribution in [0.1, 0.15) is 97.0 Å². The van der Waals surface area contributed by atoms with Crippen LogP contribution in [-0.4, -0.2) is 130 Å². The fraction of sp³-hybridized carbons (Fsp3) is 0.596. The van der Waals surface area contributed by atoms with Gasteiger partial charge in [0.2, 0.25) is 0 Å². The number of nitrogens with zero attached hydrogens (tertiary/aromatic N) is 5. The van der Waals surface area contributed by atoms with Gasteiger partial charge in [0.25, 0.3) is 11.7 Å². The number of carbonyl (C=O) groups is 3. The summed E-state index contributed by atoms with van der Waals surface area (Å²) in [5.74, 6) is 1.27. The number of esters is 1. The molecule has 6 aliphatic heterocycles. The van der Waals surface area contributed by atoms with E-state index in [1.807, 2.05) is 33.8 Å². The first-order valence-electron chi connectivity index (χ1n) is 24.9. The van der Waals surface area contributed by atoms with Crippen molar-refractivity contribution < 1.29 is 43.9 Å². The topological polar surface area (TPSA) is 250 Å². The summed E-state index contributed by atoms with van der Waals surface area (Å²) in [7, 11) is 0. The van der Waals surface area contributed by atoms with Crippen molar-refractivity contribution >= 4 is 34.1 Å². The maximum Gasteiger partial charge on any atom is 0.327 e. The van der Waals surface area contributed by atoms with E-state index >= 15 is 0 Å². The Hall–Kier alpha value is -5.53. The van der Waals surface area contributed by atoms with Crippen LogP contribution >= 0.6 is 0 Å². The molecule has 2 fully saturated rings. The second-order valence-electron chi connectivity index (χ2n) is 20.9. The molecular formula is C52H75N9O9. The molecule has 0 saturated carbocycles. The second-order valence-corrected chi connectivity index (χ2v) is 20.9. The number of piperazine rings is 1. The SMILES string of the molecule is C/C1=C/C=C/C(C)C[C@@H](C)C(O)[C@@H](C)C(OC(=O)CN(N)/C=C(\N)CN2CCNCC2)[C@H](C)C/C=C/OC2(C)Oc3c(C)c(O)c4c(O)c(c5c(c4c3C2=O)=NC2(CCN(CC(C)C)CC2)N=5)NC1=O. The molecule has 2 aromatic rings. The zero-order valence-electron chi connectivity index (χ0n) is 42.4. The number of piperidine rings is 1. The molecule has 8 rings (SSSR count). The van der Waals surface area contributed by atoms with Crippen molar-refractivity contribution in [3.05, 3.63) is 69.9 Å². The highest BCUT2D eigenvalue weighted by Crippen LogP contribution is 2.50. The average Bonchev–Trinajstić information content (AvgIpc) is 3.80. The highest BCUT2D eigenvalue weighted by Gasteiger charge is 2.50. The minimum Gasteiger partial charge on any atom is -0.507 e. The maximum absolute atomic E-state index is 14.8. The Morgan fingerprint density at radius 2 is 1.70 bits per heavy atom. The van der Waals surface area contributed by atoms with E-state index in [-0.39, 0.29) is 74.1 Å². The van der Waals surface area contributed by atoms with Crippen LogP contribution in [0.4, 0.5) is 5.69 Å². The van der Waals surface area contributed by atoms with Gasteiger partial charge in [0.1, 0.15) is 35.2 Å². The number of rotatable bonds is 8. The van der Waals surface area contributed by atoms with E-state index < -0.39 is 53.0 Å². The Morgan fingerprint density at radius 3 is 2.39 bits per heavy atom. The maximum atomic E-state index is 14.8. The number of nitrogens with one attached hydrogen (secondary N) is 2. The van der Waals surface area contributed by atoms with E-state index in [1.165, 1.54) is 24.4 Å². The number of aliphatic hydroxyl groups excluding tert-OH is 1. The van der Waals surface area contributed by atoms with Gasteiger partial charge in [-0.2, -0.15) is 0 Å². The van der Waals surface area contributed by atoms with Crippen molar-refractivity contribution in [1.29, 1.82) is 0 Å². The normalized spacial score (nSPS) is 29.7. The second kappa shape index (κ2) is 21.4. The zero-order chi connectivity index (χ0) is 50.8. The van der Waals surface area contributed by atoms with Crippen molar-refractivity contribution in [3.63, 3.8) is 0 Å². The fourth-order valence-corrected chi connectivity index (χ4v) is 10.6. The number of amides is 1. The molecule has 0 aliphatic carbocycles. The number of aliphatic hydroxyl groups is 1. The van der Waals surface area contributed by atoms with Crippen LogP contribution in [0, 0.1) is 36.5 Å². The first kappa shape index (κ1) is 52.3. The third-order valence-electron chi connectivity index (χ3n) is 14.4. The number of ketones is 1. The molecule has 6 heterocycles. The number of phenolic OH excluding ortho intramolecular Hbond substituents is 2. The molecule has 2 aromatic carbocycles. The molecule has 18 heteroatoms. The smallest absolute Gasteiger partial charge is 0.327 e. The van der Waals surface area contributed by atoms with Crippen molar-refractivity contribution in [1.82, 2.24) is 20.1 Å². The molecule has 7 atom stereocenters. The van der Waals surface area contributed by atoms with E-state index in [1.54, 1.807) is 32.1 Å². The first-order valence-corrected chi connectivity index (χ1v) is 24.9. The number of benzene rings is 2. The van der Waals surface area contributed by atoms with E-state index in [2.05, 4.69) is 34.3 Å². The summed E-state index contributed by atoms with van der Waals surface area (Å²) in [6.07, 6.45) is 10.4. The molecule has 1 spiro atoms. The fourth-order valence-electron chi connectivity index (χ4n) is 10.6. The lowest BCUT2D eigenvalue weighted by Gasteiger charge is -2.36. The van der Waals surface area contributed by atoms with Crippen LogP contribution in [0.3, 0.4) is 0 Å². The van der Waals surface area contributed by atoms with Gasteiger partial charge in [0.05, 0.1) is 28.7 Å². The van der Waals surface area contributed by atoms with E-state index in [0.717, 1.165) is 45.8 Å². The average molecular weight is 970 g/mol. The Kier molecular flexibility index (Phi) is 16.0. The predicted molar refractivity (Wildman–Crippen MR) is 267 cm³/mol. The van der Waals surface area contributed by atoms with Crippen molar-refractivity contribution in [3.8, 4) is 17.2 Å². The molecule has 4 unspecified atom stereocenters. The number of fused-ring (bicyclic) bond motifs is 13. The number of allylic oxidation sites excluding steroid dienone is 4. The van der Waals surface area contributed by atoms with E-state index in [9.17, 15) is 29.7 Å². The lowest BCUT2D eigenvalue weighted by Crippen LogP contribution is -2.45. The van der Waals surface area contributed by atoms with Gasteiger partial charge in [0, 0.05) is 106 Å². The standard InChI is InChI=1S/C52H75N9O9/c1-29(2)25-59-19-15-52(16-20-59)57-41-38-39-45(64)35(8)48-40(38)49(66)51(9,70-48)68-23-11-14-31(4)47(69-37(62)28-61(54)27-36(53)26-60-21-17-55-18-22-60)34(7)44(63)33(6)24-30(3)12-10-13-32(5)50(67)56-43(46(39)65)42(41)58-52/h10-13,23,27,29-31,33-34,44,47,55,63-65H,14-22,24-26,28,53-54H2,1-9H3,(H,56,67)/b12-10+,23-11+,32-13-,36-27-/t30?,31-,33-,34-,44?,47?,51?/m1/s1. The Balaban J connectivity index is 1.24. The van der Waals surface area contributed by atoms with Gasteiger partial charge in [-0.15, -0.1) is 0 Å². The van der Waals surface area contributed by atoms with E-state index in [4.69, 9.17) is 35.8 Å². The summed E-state index contributed by atoms with van der Waals surface area (Å²) in [5.41, 5.74) is 6.43. The number of Topliss-reactive ketones (excluding diaryl/α,β-unsaturated/α-hetero) is 1. The monoisotopic (exact) mass is 970 g/mol. The molecule has 1 amide bonds. The van der Waals surface area contributed by atoms with Crippen molar-refractivity contribution in [2.24, 2.45) is 51.2 Å². The summed E-state index contributed by atoms with van der Waals surface area (Å²) in [5, 5.41) is 43.9. The summed E-state index contributed by atoms with van der Waals surface area (Å²) in [6.45, 7) is 22.8. The lowest BCUT2D eigenvalue weighted by atomic mass is 9.80. The molecule has 382 valence electrons. The van der Waals surface area contributed by atoms with Crippen LogP contribution in [-0.2, 0) is 19.1 Å². The van der Waals surface area contributed by atoms with Crippen LogP contribution in [0.5, 0.6) is 17.2 Å². The van der Waals surface area contributed by atoms with Gasteiger partial charge >= 0.3 is 11.8 Å². The summed E-state index contributed by atoms with van der Waals surface area (Å²) >= 11 is 0. The third-order valence-corrected chi connectivity index (χ3v) is 14.4. The number of hydrogen-bond acceptors (Lipinski definition) is 17. The highest BCUT2D eigenvalue weighted by molar-refractivity contribution is 6.19. The molecule has 18 nitrogen and oxygen atoms in total. The number of carbonyl (C=O) groups excluding carboxylic acids is 3. The third kappa shape index (κ3) is 11.2. The van der Waals surface area contributed by atoms with Gasteiger partial charge in [-0.05, 0) is 56.4 Å². The molecule has 5 bridgehead atoms. The minimum absolute atomic E-state index is 0.0153. The van der Waals surface area contributed by atoms with Crippen molar-refractivity contribution in [2.75, 3.05) is 64.2 Å². The number of nitrogens with two attached hydrogens (primary N) is 2. The summed E-state index contributed by atoms with van der Waals surface area (Å²) in [4.78, 5) is 57.4. The molecule has 9 N–H and O–H groups in total. The predicted octanol–water partition coefficient (Wildman–Crippen LogP) is 4.01. The highest BCUT2D eigenvalue weighted by atomic mass is 16.7. The molecule has 0 aromatic heterocycles. The van der Waals surface area contributed by atoms with Gasteiger partial charge in [-0.25, -0.2) is 5.84 Å². The first-order chi connectivity index (χ1) is 33.1. The summed E-state index contributed by atoms with van der Waals surface area (Å²) in [6, 6.07) is 0. The molecule has 6 aliphatic rings. The largest absolute Gasteiger partial charge is 0.507 e. The van der Waals surface area contributed by atoms with E-state index in [0.29, 0.717) is 49.4 Å². The number of phenols is 2. The zero-order valence-corrected chi connectivity index (χ0v) is 42.4. The molecule has 70 heavy (non-hydrogen) atoms. The van der Waals surface area contributed by atoms with Crippen molar-refractivity contribution in [2.45, 2.75) is 112 Å². The van der Waals surface area contributed by atoms with Crippen LogP contribution < -0.4 is 37.7 Å².